The summed E-state index contributed by atoms with van der Waals surface area (Å²) in [7, 11) is 4.72. The minimum Gasteiger partial charge on any atom is -0.464 e. The van der Waals surface area contributed by atoms with Gasteiger partial charge in [0.15, 0.2) is 5.69 Å². The van der Waals surface area contributed by atoms with E-state index in [0.717, 1.165) is 0 Å². The number of ether oxygens (including phenoxy) is 1. The molecule has 0 spiro atoms. The molecule has 0 aliphatic carbocycles. The van der Waals surface area contributed by atoms with Gasteiger partial charge in [-0.25, -0.2) is 9.78 Å². The van der Waals surface area contributed by atoms with E-state index >= 15 is 0 Å². The first kappa shape index (κ1) is 10.2. The number of nitrogens with one attached hydrogen (secondary N) is 1. The minimum atomic E-state index is -0.518. The van der Waals surface area contributed by atoms with Gasteiger partial charge in [0.2, 0.25) is 5.82 Å². The number of hydrogen-bond donors (Lipinski definition) is 1. The zero-order chi connectivity index (χ0) is 10.6. The summed E-state index contributed by atoms with van der Waals surface area (Å²) in [5.74, 6) is -0.305. The van der Waals surface area contributed by atoms with E-state index in [2.05, 4.69) is 25.0 Å². The van der Waals surface area contributed by atoms with Crippen LogP contribution in [0.15, 0.2) is 16.7 Å². The molecule has 0 saturated heterocycles. The van der Waals surface area contributed by atoms with Gasteiger partial charge in [0, 0.05) is 14.1 Å². The smallest absolute Gasteiger partial charge is 0.358 e. The molecule has 0 aliphatic heterocycles. The molecule has 0 aromatic carbocycles. The van der Waals surface area contributed by atoms with E-state index in [-0.39, 0.29) is 11.5 Å². The van der Waals surface area contributed by atoms with Crippen LogP contribution in [0.4, 0.5) is 5.82 Å². The van der Waals surface area contributed by atoms with Crippen LogP contribution in [-0.4, -0.2) is 42.2 Å². The summed E-state index contributed by atoms with van der Waals surface area (Å²) in [4.78, 5) is 17.6. The van der Waals surface area contributed by atoms with Gasteiger partial charge in [-0.3, -0.25) is 5.01 Å². The van der Waals surface area contributed by atoms with Crippen LogP contribution in [0.5, 0.6) is 0 Å². The molecule has 0 saturated carbocycles. The van der Waals surface area contributed by atoms with Crippen molar-refractivity contribution >= 4 is 11.8 Å². The third-order valence-electron chi connectivity index (χ3n) is 1.33. The Bertz CT molecular complexity index is 344. The number of methoxy groups -OCH3 is 1. The lowest BCUT2D eigenvalue weighted by Gasteiger charge is -1.99. The molecule has 0 radical (unpaired) electrons. The van der Waals surface area contributed by atoms with Crippen molar-refractivity contribution in [1.29, 1.82) is 0 Å². The Morgan fingerprint density at radius 1 is 1.64 bits per heavy atom. The van der Waals surface area contributed by atoms with Gasteiger partial charge >= 0.3 is 5.97 Å². The summed E-state index contributed by atoms with van der Waals surface area (Å²) in [5, 5.41) is 8.95. The Hall–Kier alpha value is -1.92. The number of aromatic amines is 1. The van der Waals surface area contributed by atoms with Crippen molar-refractivity contribution in [1.82, 2.24) is 15.0 Å². The first-order chi connectivity index (χ1) is 6.65. The molecule has 14 heavy (non-hydrogen) atoms. The maximum Gasteiger partial charge on any atom is 0.358 e. The van der Waals surface area contributed by atoms with Crippen LogP contribution in [0.3, 0.4) is 0 Å². The van der Waals surface area contributed by atoms with Gasteiger partial charge in [-0.05, 0) is 0 Å². The van der Waals surface area contributed by atoms with Crippen LogP contribution in [-0.2, 0) is 4.74 Å². The molecule has 0 aliphatic rings. The fourth-order valence-corrected chi connectivity index (χ4v) is 0.747. The lowest BCUT2D eigenvalue weighted by Crippen LogP contribution is -2.02. The van der Waals surface area contributed by atoms with Crippen LogP contribution < -0.4 is 0 Å². The maximum atomic E-state index is 11.1. The van der Waals surface area contributed by atoms with Gasteiger partial charge in [-0.1, -0.05) is 5.22 Å². The summed E-state index contributed by atoms with van der Waals surface area (Å²) < 4.78 is 4.52. The van der Waals surface area contributed by atoms with Crippen LogP contribution in [0, 0.1) is 0 Å². The highest BCUT2D eigenvalue weighted by Gasteiger charge is 2.13. The summed E-state index contributed by atoms with van der Waals surface area (Å²) >= 11 is 0. The second-order valence-electron chi connectivity index (χ2n) is 2.63. The third-order valence-corrected chi connectivity index (χ3v) is 1.33. The molecule has 1 N–H and O–H groups in total. The Kier molecular flexibility index (Phi) is 3.16. The van der Waals surface area contributed by atoms with Gasteiger partial charge < -0.3 is 9.72 Å². The minimum absolute atomic E-state index is 0.193. The number of H-pyrrole nitrogens is 1. The molecule has 1 rings (SSSR count). The number of carbonyl (C=O) groups excluding carboxylic acids is 1. The first-order valence-corrected chi connectivity index (χ1v) is 3.86. The predicted molar refractivity (Wildman–Crippen MR) is 48.1 cm³/mol. The molecule has 0 fully saturated rings. The molecule has 76 valence electrons. The summed E-state index contributed by atoms with van der Waals surface area (Å²) in [5.41, 5.74) is 0.193. The van der Waals surface area contributed by atoms with E-state index in [1.165, 1.54) is 18.4 Å². The topological polar surface area (TPSA) is 82.9 Å². The van der Waals surface area contributed by atoms with Crippen molar-refractivity contribution in [2.24, 2.45) is 10.3 Å². The average molecular weight is 197 g/mol. The first-order valence-electron chi connectivity index (χ1n) is 3.86. The molecule has 0 atom stereocenters. The van der Waals surface area contributed by atoms with Gasteiger partial charge in [-0.15, -0.1) is 5.11 Å². The number of hydrogen-bond acceptors (Lipinski definition) is 5. The second kappa shape index (κ2) is 4.35. The van der Waals surface area contributed by atoms with Gasteiger partial charge in [0.05, 0.1) is 13.4 Å². The van der Waals surface area contributed by atoms with Crippen molar-refractivity contribution in [3.63, 3.8) is 0 Å². The molecule has 1 heterocycles. The van der Waals surface area contributed by atoms with Gasteiger partial charge in [0.25, 0.3) is 0 Å². The average Bonchev–Trinajstić information content (AvgIpc) is 2.61. The number of carbonyl (C=O) groups is 1. The molecule has 0 unspecified atom stereocenters. The Balaban J connectivity index is 2.88. The normalized spacial score (nSPS) is 10.5. The predicted octanol–water partition coefficient (Wildman–Crippen LogP) is 0.757. The number of nitrogens with zero attached hydrogens (tertiary/aromatic N) is 4. The third kappa shape index (κ3) is 2.28. The highest BCUT2D eigenvalue weighted by Crippen LogP contribution is 2.14. The SMILES string of the molecule is COC(=O)c1[nH]cnc1/N=N/N(C)C. The van der Waals surface area contributed by atoms with Crippen LogP contribution in [0.2, 0.25) is 0 Å². The number of aromatic nitrogens is 2. The van der Waals surface area contributed by atoms with E-state index in [4.69, 9.17) is 0 Å². The highest BCUT2D eigenvalue weighted by atomic mass is 16.5. The summed E-state index contributed by atoms with van der Waals surface area (Å²) in [6.45, 7) is 0. The second-order valence-corrected chi connectivity index (χ2v) is 2.63. The van der Waals surface area contributed by atoms with Crippen molar-refractivity contribution in [3.05, 3.63) is 12.0 Å². The van der Waals surface area contributed by atoms with E-state index in [1.807, 2.05) is 0 Å². The van der Waals surface area contributed by atoms with Gasteiger partial charge in [-0.2, -0.15) is 0 Å². The summed E-state index contributed by atoms with van der Waals surface area (Å²) in [6, 6.07) is 0. The van der Waals surface area contributed by atoms with E-state index in [0.29, 0.717) is 0 Å². The van der Waals surface area contributed by atoms with E-state index in [1.54, 1.807) is 14.1 Å². The Labute approximate surface area is 80.8 Å². The maximum absolute atomic E-state index is 11.1. The number of imidazole rings is 1. The van der Waals surface area contributed by atoms with Crippen LogP contribution in [0.25, 0.3) is 0 Å². The fourth-order valence-electron chi connectivity index (χ4n) is 0.747. The van der Waals surface area contributed by atoms with E-state index < -0.39 is 5.97 Å². The molecular weight excluding hydrogens is 186 g/mol. The molecule has 1 aromatic rings. The molecule has 1 aromatic heterocycles. The number of esters is 1. The van der Waals surface area contributed by atoms with Crippen molar-refractivity contribution in [3.8, 4) is 0 Å². The zero-order valence-corrected chi connectivity index (χ0v) is 8.18. The lowest BCUT2D eigenvalue weighted by molar-refractivity contribution is 0.0595. The fraction of sp³-hybridized carbons (Fsp3) is 0.429. The van der Waals surface area contributed by atoms with E-state index in [9.17, 15) is 4.79 Å². The van der Waals surface area contributed by atoms with Crippen molar-refractivity contribution in [2.75, 3.05) is 21.2 Å². The number of rotatable bonds is 3. The largest absolute Gasteiger partial charge is 0.464 e. The van der Waals surface area contributed by atoms with Gasteiger partial charge in [0.1, 0.15) is 0 Å². The van der Waals surface area contributed by atoms with Crippen molar-refractivity contribution in [2.45, 2.75) is 0 Å². The van der Waals surface area contributed by atoms with Crippen LogP contribution in [0.1, 0.15) is 10.5 Å². The standard InChI is InChI=1S/C7H11N5O2/c1-12(2)11-10-6-5(7(13)14-3)8-4-9-6/h4H,1-3H3,(H,8,9)/b11-10+. The quantitative estimate of drug-likeness (QED) is 0.440. The van der Waals surface area contributed by atoms with Crippen LogP contribution >= 0.6 is 0 Å². The summed E-state index contributed by atoms with van der Waals surface area (Å²) in [6.07, 6.45) is 1.36. The molecule has 7 nitrogen and oxygen atoms in total. The highest BCUT2D eigenvalue weighted by molar-refractivity contribution is 5.91. The Morgan fingerprint density at radius 3 is 2.93 bits per heavy atom. The molecular formula is C7H11N5O2. The molecule has 0 bridgehead atoms. The molecule has 7 heteroatoms. The zero-order valence-electron chi connectivity index (χ0n) is 8.18. The lowest BCUT2D eigenvalue weighted by atomic mass is 10.4. The Morgan fingerprint density at radius 2 is 2.36 bits per heavy atom. The molecule has 0 amide bonds. The monoisotopic (exact) mass is 197 g/mol. The van der Waals surface area contributed by atoms with Crippen molar-refractivity contribution < 1.29 is 9.53 Å².